The summed E-state index contributed by atoms with van der Waals surface area (Å²) in [4.78, 5) is 11.3. The number of nitrogens with one attached hydrogen (secondary N) is 1. The highest BCUT2D eigenvalue weighted by Gasteiger charge is 2.19. The zero-order chi connectivity index (χ0) is 16.7. The van der Waals surface area contributed by atoms with Crippen LogP contribution in [0.2, 0.25) is 0 Å². The first-order valence-electron chi connectivity index (χ1n) is 7.22. The Morgan fingerprint density at radius 1 is 1.32 bits per heavy atom. The molecule has 0 aromatic heterocycles. The topological polar surface area (TPSA) is 67.8 Å². The Labute approximate surface area is 140 Å². The Morgan fingerprint density at radius 3 is 2.50 bits per heavy atom. The second-order valence-corrected chi connectivity index (χ2v) is 6.44. The molecule has 1 atom stereocenters. The van der Waals surface area contributed by atoms with Crippen LogP contribution in [0.4, 0.5) is 0 Å². The molecule has 1 aromatic rings. The zero-order valence-corrected chi connectivity index (χ0v) is 15.1. The number of ether oxygens (including phenoxy) is 2. The molecule has 1 rings (SSSR count). The van der Waals surface area contributed by atoms with Crippen LogP contribution in [0.1, 0.15) is 25.8 Å². The molecule has 0 radical (unpaired) electrons. The van der Waals surface area contributed by atoms with E-state index < -0.39 is 5.97 Å². The molecule has 0 heterocycles. The SMILES string of the molecule is COc1cc(Br)c(CNCC(CC(C)C)C(=O)O)c(OC)c1. The average Bonchev–Trinajstić information content (AvgIpc) is 2.46. The molecule has 5 nitrogen and oxygen atoms in total. The van der Waals surface area contributed by atoms with Crippen molar-refractivity contribution in [1.82, 2.24) is 5.32 Å². The predicted octanol–water partition coefficient (Wildman–Crippen LogP) is 3.30. The number of hydrogen-bond donors (Lipinski definition) is 2. The van der Waals surface area contributed by atoms with Crippen molar-refractivity contribution in [2.24, 2.45) is 11.8 Å². The summed E-state index contributed by atoms with van der Waals surface area (Å²) in [7, 11) is 3.20. The normalized spacial score (nSPS) is 12.3. The fourth-order valence-corrected chi connectivity index (χ4v) is 2.83. The lowest BCUT2D eigenvalue weighted by Crippen LogP contribution is -2.29. The van der Waals surface area contributed by atoms with Gasteiger partial charge in [-0.3, -0.25) is 4.79 Å². The molecule has 0 aliphatic heterocycles. The lowest BCUT2D eigenvalue weighted by atomic mass is 9.97. The monoisotopic (exact) mass is 373 g/mol. The van der Waals surface area contributed by atoms with Crippen LogP contribution in [0.25, 0.3) is 0 Å². The smallest absolute Gasteiger partial charge is 0.307 e. The molecular weight excluding hydrogens is 350 g/mol. The van der Waals surface area contributed by atoms with E-state index in [1.807, 2.05) is 26.0 Å². The summed E-state index contributed by atoms with van der Waals surface area (Å²) < 4.78 is 11.4. The largest absolute Gasteiger partial charge is 0.497 e. The number of carbonyl (C=O) groups is 1. The van der Waals surface area contributed by atoms with Crippen molar-refractivity contribution in [2.45, 2.75) is 26.8 Å². The number of methoxy groups -OCH3 is 2. The van der Waals surface area contributed by atoms with Crippen LogP contribution in [0, 0.1) is 11.8 Å². The number of carboxylic acids is 1. The van der Waals surface area contributed by atoms with Gasteiger partial charge in [0.1, 0.15) is 11.5 Å². The molecule has 0 amide bonds. The summed E-state index contributed by atoms with van der Waals surface area (Å²) in [5.41, 5.74) is 0.942. The minimum Gasteiger partial charge on any atom is -0.497 e. The molecule has 2 N–H and O–H groups in total. The van der Waals surface area contributed by atoms with Crippen molar-refractivity contribution in [3.8, 4) is 11.5 Å². The second kappa shape index (κ2) is 9.00. The number of hydrogen-bond acceptors (Lipinski definition) is 4. The van der Waals surface area contributed by atoms with E-state index >= 15 is 0 Å². The van der Waals surface area contributed by atoms with Gasteiger partial charge in [0.05, 0.1) is 20.1 Å². The standard InChI is InChI=1S/C16H24BrNO4/c1-10(2)5-11(16(19)20)8-18-9-13-14(17)6-12(21-3)7-15(13)22-4/h6-7,10-11,18H,5,8-9H2,1-4H3,(H,19,20). The Hall–Kier alpha value is -1.27. The number of aliphatic carboxylic acids is 1. The van der Waals surface area contributed by atoms with Gasteiger partial charge in [-0.1, -0.05) is 29.8 Å². The van der Waals surface area contributed by atoms with Gasteiger partial charge < -0.3 is 19.9 Å². The van der Waals surface area contributed by atoms with E-state index in [2.05, 4.69) is 21.2 Å². The molecule has 0 aliphatic rings. The Bertz CT molecular complexity index is 505. The van der Waals surface area contributed by atoms with Gasteiger partial charge in [0.2, 0.25) is 0 Å². The number of benzene rings is 1. The molecule has 0 fully saturated rings. The van der Waals surface area contributed by atoms with Crippen LogP contribution in [0.5, 0.6) is 11.5 Å². The van der Waals surface area contributed by atoms with Crippen LogP contribution in [0.3, 0.4) is 0 Å². The highest BCUT2D eigenvalue weighted by Crippen LogP contribution is 2.32. The molecule has 22 heavy (non-hydrogen) atoms. The maximum atomic E-state index is 11.3. The van der Waals surface area contributed by atoms with Crippen molar-refractivity contribution < 1.29 is 19.4 Å². The van der Waals surface area contributed by atoms with E-state index in [1.165, 1.54) is 0 Å². The predicted molar refractivity (Wildman–Crippen MR) is 89.5 cm³/mol. The Morgan fingerprint density at radius 2 is 2.00 bits per heavy atom. The van der Waals surface area contributed by atoms with E-state index in [4.69, 9.17) is 9.47 Å². The van der Waals surface area contributed by atoms with Gasteiger partial charge >= 0.3 is 5.97 Å². The summed E-state index contributed by atoms with van der Waals surface area (Å²) in [5, 5.41) is 12.5. The third kappa shape index (κ3) is 5.50. The maximum absolute atomic E-state index is 11.3. The molecule has 124 valence electrons. The second-order valence-electron chi connectivity index (χ2n) is 5.59. The van der Waals surface area contributed by atoms with Gasteiger partial charge in [-0.25, -0.2) is 0 Å². The average molecular weight is 374 g/mol. The zero-order valence-electron chi connectivity index (χ0n) is 13.5. The van der Waals surface area contributed by atoms with Gasteiger partial charge in [0.25, 0.3) is 0 Å². The minimum atomic E-state index is -0.762. The van der Waals surface area contributed by atoms with Gasteiger partial charge in [0.15, 0.2) is 0 Å². The van der Waals surface area contributed by atoms with Crippen LogP contribution in [0.15, 0.2) is 16.6 Å². The van der Waals surface area contributed by atoms with Crippen LogP contribution < -0.4 is 14.8 Å². The summed E-state index contributed by atoms with van der Waals surface area (Å²) in [5.74, 6) is 0.611. The van der Waals surface area contributed by atoms with Crippen molar-refractivity contribution in [2.75, 3.05) is 20.8 Å². The summed E-state index contributed by atoms with van der Waals surface area (Å²) in [6, 6.07) is 3.67. The first-order chi connectivity index (χ1) is 10.4. The third-order valence-electron chi connectivity index (χ3n) is 3.38. The van der Waals surface area contributed by atoms with Crippen molar-refractivity contribution in [3.63, 3.8) is 0 Å². The van der Waals surface area contributed by atoms with Crippen molar-refractivity contribution in [3.05, 3.63) is 22.2 Å². The first kappa shape index (κ1) is 18.8. The van der Waals surface area contributed by atoms with Crippen LogP contribution >= 0.6 is 15.9 Å². The lowest BCUT2D eigenvalue weighted by molar-refractivity contribution is -0.142. The lowest BCUT2D eigenvalue weighted by Gasteiger charge is -2.17. The quantitative estimate of drug-likeness (QED) is 0.694. The number of rotatable bonds is 9. The van der Waals surface area contributed by atoms with Crippen LogP contribution in [-0.4, -0.2) is 31.8 Å². The Balaban J connectivity index is 2.73. The molecule has 0 aliphatic carbocycles. The van der Waals surface area contributed by atoms with Gasteiger partial charge in [0, 0.05) is 29.2 Å². The van der Waals surface area contributed by atoms with Gasteiger partial charge in [-0.2, -0.15) is 0 Å². The highest BCUT2D eigenvalue weighted by atomic mass is 79.9. The molecule has 6 heteroatoms. The molecule has 1 unspecified atom stereocenters. The highest BCUT2D eigenvalue weighted by molar-refractivity contribution is 9.10. The van der Waals surface area contributed by atoms with E-state index in [-0.39, 0.29) is 5.92 Å². The van der Waals surface area contributed by atoms with Crippen molar-refractivity contribution >= 4 is 21.9 Å². The van der Waals surface area contributed by atoms with Crippen molar-refractivity contribution in [1.29, 1.82) is 0 Å². The van der Waals surface area contributed by atoms with Crippen LogP contribution in [-0.2, 0) is 11.3 Å². The van der Waals surface area contributed by atoms with E-state index in [1.54, 1.807) is 14.2 Å². The molecule has 0 bridgehead atoms. The maximum Gasteiger partial charge on any atom is 0.307 e. The third-order valence-corrected chi connectivity index (χ3v) is 4.09. The molecule has 0 saturated heterocycles. The molecule has 1 aromatic carbocycles. The van der Waals surface area contributed by atoms with E-state index in [9.17, 15) is 9.90 Å². The summed E-state index contributed by atoms with van der Waals surface area (Å²) in [6.45, 7) is 5.00. The fourth-order valence-electron chi connectivity index (χ4n) is 2.27. The molecular formula is C16H24BrNO4. The summed E-state index contributed by atoms with van der Waals surface area (Å²) >= 11 is 3.50. The first-order valence-corrected chi connectivity index (χ1v) is 8.02. The number of halogens is 1. The number of carboxylic acid groups (broad SMARTS) is 1. The molecule has 0 saturated carbocycles. The minimum absolute atomic E-state index is 0.352. The van der Waals surface area contributed by atoms with E-state index in [0.29, 0.717) is 36.9 Å². The van der Waals surface area contributed by atoms with Gasteiger partial charge in [-0.15, -0.1) is 0 Å². The van der Waals surface area contributed by atoms with Gasteiger partial charge in [-0.05, 0) is 18.4 Å². The molecule has 0 spiro atoms. The Kier molecular flexibility index (Phi) is 7.68. The fraction of sp³-hybridized carbons (Fsp3) is 0.562. The van der Waals surface area contributed by atoms with E-state index in [0.717, 1.165) is 10.0 Å². The summed E-state index contributed by atoms with van der Waals surface area (Å²) in [6.07, 6.45) is 0.656.